The fourth-order valence-electron chi connectivity index (χ4n) is 2.04. The lowest BCUT2D eigenvalue weighted by Crippen LogP contribution is -2.25. The van der Waals surface area contributed by atoms with Crippen molar-refractivity contribution in [3.05, 3.63) is 29.8 Å². The number of terminal acetylenes is 1. The van der Waals surface area contributed by atoms with Crippen LogP contribution in [0.5, 0.6) is 0 Å². The number of hydrogen-bond donors (Lipinski definition) is 1. The second-order valence-corrected chi connectivity index (χ2v) is 5.82. The summed E-state index contributed by atoms with van der Waals surface area (Å²) in [4.78, 5) is 27.9. The predicted molar refractivity (Wildman–Crippen MR) is 82.3 cm³/mol. The van der Waals surface area contributed by atoms with Gasteiger partial charge < -0.3 is 9.72 Å². The molecule has 0 atom stereocenters. The van der Waals surface area contributed by atoms with Crippen molar-refractivity contribution in [2.24, 2.45) is 0 Å². The van der Waals surface area contributed by atoms with Gasteiger partial charge in [0.2, 0.25) is 5.82 Å². The van der Waals surface area contributed by atoms with Gasteiger partial charge in [-0.25, -0.2) is 19.7 Å². The number of rotatable bonds is 1. The van der Waals surface area contributed by atoms with Crippen LogP contribution in [0.3, 0.4) is 0 Å². The van der Waals surface area contributed by atoms with E-state index in [1.165, 1.54) is 0 Å². The molecular weight excluding hydrogens is 280 g/mol. The average molecular weight is 294 g/mol. The van der Waals surface area contributed by atoms with Gasteiger partial charge in [-0.3, -0.25) is 0 Å². The molecule has 0 bridgehead atoms. The molecule has 110 valence electrons. The maximum atomic E-state index is 12.1. The molecule has 0 aliphatic carbocycles. The number of carbonyl (C=O) groups excluding carboxylic acids is 1. The molecule has 0 fully saturated rings. The molecule has 6 heteroatoms. The van der Waals surface area contributed by atoms with Crippen molar-refractivity contribution >= 4 is 28.0 Å². The Bertz CT molecular complexity index is 929. The van der Waals surface area contributed by atoms with Crippen LogP contribution in [0.1, 0.15) is 37.1 Å². The Hall–Kier alpha value is -2.94. The second kappa shape index (κ2) is 4.81. The predicted octanol–water partition coefficient (Wildman–Crippen LogP) is 2.44. The molecule has 3 rings (SSSR count). The van der Waals surface area contributed by atoms with Crippen LogP contribution in [0.25, 0.3) is 22.1 Å². The summed E-state index contributed by atoms with van der Waals surface area (Å²) >= 11 is 0. The van der Waals surface area contributed by atoms with E-state index in [0.29, 0.717) is 22.2 Å². The molecule has 1 N–H and O–H groups in total. The van der Waals surface area contributed by atoms with Crippen molar-refractivity contribution in [3.63, 3.8) is 0 Å². The minimum Gasteiger partial charge on any atom is -0.454 e. The standard InChI is InChI=1S/C16H14N4O2/c1-5-9-6-7-10-12(18-9)13-11(19-10)8-17-14(20-13)15(21)22-16(2,3)4/h1,6-8,19H,2-4H3. The van der Waals surface area contributed by atoms with Crippen molar-refractivity contribution in [3.8, 4) is 12.3 Å². The van der Waals surface area contributed by atoms with Crippen molar-refractivity contribution in [2.75, 3.05) is 0 Å². The minimum absolute atomic E-state index is 0.00349. The van der Waals surface area contributed by atoms with Gasteiger partial charge in [-0.15, -0.1) is 6.42 Å². The quantitative estimate of drug-likeness (QED) is 0.550. The Morgan fingerprint density at radius 3 is 2.64 bits per heavy atom. The van der Waals surface area contributed by atoms with E-state index in [-0.39, 0.29) is 5.82 Å². The van der Waals surface area contributed by atoms with Gasteiger partial charge in [-0.2, -0.15) is 0 Å². The zero-order valence-corrected chi connectivity index (χ0v) is 12.5. The van der Waals surface area contributed by atoms with Gasteiger partial charge in [-0.05, 0) is 32.9 Å². The number of carbonyl (C=O) groups is 1. The molecule has 22 heavy (non-hydrogen) atoms. The van der Waals surface area contributed by atoms with Crippen molar-refractivity contribution < 1.29 is 9.53 Å². The van der Waals surface area contributed by atoms with Gasteiger partial charge in [0.25, 0.3) is 0 Å². The Balaban J connectivity index is 2.14. The van der Waals surface area contributed by atoms with Crippen LogP contribution in [0.2, 0.25) is 0 Å². The van der Waals surface area contributed by atoms with E-state index >= 15 is 0 Å². The lowest BCUT2D eigenvalue weighted by Gasteiger charge is -2.18. The molecule has 0 saturated heterocycles. The number of nitrogens with one attached hydrogen (secondary N) is 1. The summed E-state index contributed by atoms with van der Waals surface area (Å²) in [6.45, 7) is 5.36. The van der Waals surface area contributed by atoms with Crippen LogP contribution in [0.4, 0.5) is 0 Å². The number of ether oxygens (including phenoxy) is 1. The summed E-state index contributed by atoms with van der Waals surface area (Å²) in [5, 5.41) is 0. The SMILES string of the molecule is C#Cc1ccc2[nH]c3cnc(C(=O)OC(C)(C)C)nc3c2n1. The van der Waals surface area contributed by atoms with Crippen LogP contribution in [0.15, 0.2) is 18.3 Å². The van der Waals surface area contributed by atoms with Gasteiger partial charge in [-0.1, -0.05) is 5.92 Å². The first kappa shape index (κ1) is 14.0. The van der Waals surface area contributed by atoms with Gasteiger partial charge in [0.15, 0.2) is 0 Å². The summed E-state index contributed by atoms with van der Waals surface area (Å²) in [5.41, 5.74) is 2.52. The highest BCUT2D eigenvalue weighted by Gasteiger charge is 2.21. The highest BCUT2D eigenvalue weighted by atomic mass is 16.6. The zero-order valence-electron chi connectivity index (χ0n) is 12.5. The first-order valence-electron chi connectivity index (χ1n) is 6.73. The third kappa shape index (κ3) is 2.49. The number of nitrogens with zero attached hydrogens (tertiary/aromatic N) is 3. The van der Waals surface area contributed by atoms with Crippen LogP contribution >= 0.6 is 0 Å². The minimum atomic E-state index is -0.607. The lowest BCUT2D eigenvalue weighted by atomic mass is 10.2. The summed E-state index contributed by atoms with van der Waals surface area (Å²) < 4.78 is 5.28. The molecule has 0 aromatic carbocycles. The maximum absolute atomic E-state index is 12.1. The van der Waals surface area contributed by atoms with E-state index < -0.39 is 11.6 Å². The number of aromatic amines is 1. The number of aromatic nitrogens is 4. The van der Waals surface area contributed by atoms with Gasteiger partial charge in [0, 0.05) is 0 Å². The van der Waals surface area contributed by atoms with Crippen molar-refractivity contribution in [1.29, 1.82) is 0 Å². The van der Waals surface area contributed by atoms with E-state index in [1.807, 2.05) is 6.07 Å². The number of pyridine rings is 1. The highest BCUT2D eigenvalue weighted by molar-refractivity contribution is 6.03. The summed E-state index contributed by atoms with van der Waals surface area (Å²) in [7, 11) is 0. The van der Waals surface area contributed by atoms with E-state index in [9.17, 15) is 4.79 Å². The molecule has 0 aliphatic rings. The number of hydrogen-bond acceptors (Lipinski definition) is 5. The Morgan fingerprint density at radius 2 is 1.95 bits per heavy atom. The van der Waals surface area contributed by atoms with E-state index in [4.69, 9.17) is 11.2 Å². The molecule has 3 heterocycles. The van der Waals surface area contributed by atoms with Crippen molar-refractivity contribution in [2.45, 2.75) is 26.4 Å². The molecule has 6 nitrogen and oxygen atoms in total. The Morgan fingerprint density at radius 1 is 1.23 bits per heavy atom. The van der Waals surface area contributed by atoms with Crippen LogP contribution in [-0.4, -0.2) is 31.5 Å². The van der Waals surface area contributed by atoms with Gasteiger partial charge >= 0.3 is 5.97 Å². The highest BCUT2D eigenvalue weighted by Crippen LogP contribution is 2.22. The third-order valence-electron chi connectivity index (χ3n) is 2.91. The molecule has 3 aromatic rings. The molecule has 0 spiro atoms. The summed E-state index contributed by atoms with van der Waals surface area (Å²) in [6, 6.07) is 3.56. The molecule has 0 saturated carbocycles. The number of esters is 1. The first-order valence-corrected chi connectivity index (χ1v) is 6.73. The first-order chi connectivity index (χ1) is 10.4. The second-order valence-electron chi connectivity index (χ2n) is 5.82. The summed E-state index contributed by atoms with van der Waals surface area (Å²) in [6.07, 6.45) is 6.91. The third-order valence-corrected chi connectivity index (χ3v) is 2.91. The van der Waals surface area contributed by atoms with Crippen molar-refractivity contribution in [1.82, 2.24) is 19.9 Å². The Labute approximate surface area is 126 Å². The molecule has 3 aromatic heterocycles. The van der Waals surface area contributed by atoms with Gasteiger partial charge in [0.1, 0.15) is 22.3 Å². The van der Waals surface area contributed by atoms with E-state index in [1.54, 1.807) is 33.0 Å². The fraction of sp³-hybridized carbons (Fsp3) is 0.250. The van der Waals surface area contributed by atoms with E-state index in [2.05, 4.69) is 25.9 Å². The number of fused-ring (bicyclic) bond motifs is 3. The monoisotopic (exact) mass is 294 g/mol. The average Bonchev–Trinajstić information content (AvgIpc) is 2.82. The van der Waals surface area contributed by atoms with Crippen LogP contribution in [-0.2, 0) is 4.74 Å². The molecular formula is C16H14N4O2. The normalized spacial score (nSPS) is 11.5. The lowest BCUT2D eigenvalue weighted by molar-refractivity contribution is 0.00561. The van der Waals surface area contributed by atoms with Crippen LogP contribution < -0.4 is 0 Å². The van der Waals surface area contributed by atoms with Gasteiger partial charge in [0.05, 0.1) is 17.2 Å². The Kier molecular flexibility index (Phi) is 3.06. The zero-order chi connectivity index (χ0) is 15.9. The maximum Gasteiger partial charge on any atom is 0.376 e. The summed E-state index contributed by atoms with van der Waals surface area (Å²) in [5.74, 6) is 1.91. The molecule has 0 amide bonds. The molecule has 0 aliphatic heterocycles. The topological polar surface area (TPSA) is 80.8 Å². The molecule has 0 unspecified atom stereocenters. The molecule has 0 radical (unpaired) electrons. The number of H-pyrrole nitrogens is 1. The van der Waals surface area contributed by atoms with E-state index in [0.717, 1.165) is 5.52 Å². The fourth-order valence-corrected chi connectivity index (χ4v) is 2.04. The van der Waals surface area contributed by atoms with Crippen LogP contribution in [0, 0.1) is 12.3 Å². The smallest absolute Gasteiger partial charge is 0.376 e. The largest absolute Gasteiger partial charge is 0.454 e.